The summed E-state index contributed by atoms with van der Waals surface area (Å²) in [5, 5.41) is 0.0119. The number of anilines is 1. The first-order chi connectivity index (χ1) is 16.3. The van der Waals surface area contributed by atoms with Crippen molar-refractivity contribution < 1.29 is 22.7 Å². The Kier molecular flexibility index (Phi) is 8.91. The minimum absolute atomic E-state index is 0.0119. The van der Waals surface area contributed by atoms with Crippen molar-refractivity contribution in [3.05, 3.63) is 51.2 Å². The number of halogens is 5. The van der Waals surface area contributed by atoms with Crippen molar-refractivity contribution in [1.29, 1.82) is 0 Å². The molecule has 0 radical (unpaired) electrons. The molecular formula is C24H29BrClF3N4O2. The van der Waals surface area contributed by atoms with Crippen LogP contribution < -0.4 is 4.90 Å². The van der Waals surface area contributed by atoms with Gasteiger partial charge in [-0.1, -0.05) is 25.4 Å². The lowest BCUT2D eigenvalue weighted by molar-refractivity contribution is -0.137. The summed E-state index contributed by atoms with van der Waals surface area (Å²) in [5.41, 5.74) is -0.401. The fourth-order valence-corrected chi connectivity index (χ4v) is 4.77. The Labute approximate surface area is 216 Å². The van der Waals surface area contributed by atoms with Crippen LogP contribution in [0.2, 0.25) is 5.02 Å². The van der Waals surface area contributed by atoms with Crippen LogP contribution in [0.5, 0.6) is 0 Å². The van der Waals surface area contributed by atoms with E-state index in [0.717, 1.165) is 12.1 Å². The molecule has 2 heterocycles. The van der Waals surface area contributed by atoms with Crippen LogP contribution in [0.3, 0.4) is 0 Å². The monoisotopic (exact) mass is 576 g/mol. The molecule has 1 fully saturated rings. The van der Waals surface area contributed by atoms with E-state index in [1.165, 1.54) is 6.07 Å². The molecule has 11 heteroatoms. The van der Waals surface area contributed by atoms with Gasteiger partial charge in [-0.05, 0) is 72.3 Å². The van der Waals surface area contributed by atoms with E-state index in [2.05, 4.69) is 25.9 Å². The molecule has 0 saturated carbocycles. The number of piperidine rings is 1. The van der Waals surface area contributed by atoms with Crippen LogP contribution >= 0.6 is 27.5 Å². The lowest BCUT2D eigenvalue weighted by Crippen LogP contribution is -2.54. The predicted octanol–water partition coefficient (Wildman–Crippen LogP) is 6.95. The van der Waals surface area contributed by atoms with Crippen LogP contribution in [-0.4, -0.2) is 45.7 Å². The van der Waals surface area contributed by atoms with Gasteiger partial charge in [-0.15, -0.1) is 0 Å². The summed E-state index contributed by atoms with van der Waals surface area (Å²) in [6.07, 6.45) is -0.713. The van der Waals surface area contributed by atoms with Gasteiger partial charge in [0.25, 0.3) is 0 Å². The molecule has 2 aromatic rings. The first kappa shape index (κ1) is 27.5. The Hall–Kier alpha value is -2.07. The lowest BCUT2D eigenvalue weighted by Gasteiger charge is -2.44. The molecule has 35 heavy (non-hydrogen) atoms. The topological polar surface area (TPSA) is 58.6 Å². The Morgan fingerprint density at radius 1 is 1.23 bits per heavy atom. The zero-order valence-electron chi connectivity index (χ0n) is 20.0. The average Bonchev–Trinajstić information content (AvgIpc) is 2.76. The third-order valence-corrected chi connectivity index (χ3v) is 6.53. The molecule has 192 valence electrons. The summed E-state index contributed by atoms with van der Waals surface area (Å²) in [7, 11) is 0. The Balaban J connectivity index is 1.93. The summed E-state index contributed by atoms with van der Waals surface area (Å²) in [5.74, 6) is 0.542. The van der Waals surface area contributed by atoms with E-state index >= 15 is 0 Å². The maximum Gasteiger partial charge on any atom is 0.416 e. The van der Waals surface area contributed by atoms with Crippen LogP contribution in [-0.2, 0) is 17.5 Å². The number of carbonyl (C=O) groups is 1. The molecule has 1 amide bonds. The summed E-state index contributed by atoms with van der Waals surface area (Å²) in [4.78, 5) is 25.2. The molecule has 2 atom stereocenters. The molecule has 6 nitrogen and oxygen atoms in total. The van der Waals surface area contributed by atoms with Gasteiger partial charge in [0, 0.05) is 42.6 Å². The Morgan fingerprint density at radius 2 is 1.89 bits per heavy atom. The molecule has 1 aromatic carbocycles. The van der Waals surface area contributed by atoms with E-state index in [0.29, 0.717) is 35.4 Å². The fraction of sp³-hybridized carbons (Fsp3) is 0.542. The number of alkyl halides is 3. The SMILES string of the molecule is CC(C)OC(=O)N1CCC(N(Cc2cc(Cl)cc(C(F)(F)F)c2)c2ncc(Br)cn2)CC1C(C)C. The van der Waals surface area contributed by atoms with Gasteiger partial charge < -0.3 is 14.5 Å². The zero-order valence-corrected chi connectivity index (χ0v) is 22.4. The largest absolute Gasteiger partial charge is 0.447 e. The second-order valence-electron chi connectivity index (χ2n) is 9.29. The normalized spacial score (nSPS) is 18.8. The van der Waals surface area contributed by atoms with E-state index in [1.807, 2.05) is 32.6 Å². The Morgan fingerprint density at radius 3 is 2.46 bits per heavy atom. The standard InChI is InChI=1S/C24H29BrClF3N4O2/c1-14(2)21-10-20(5-6-32(21)23(34)35-15(3)4)33(22-30-11-18(25)12-31-22)13-16-7-17(24(27,28)29)9-19(26)8-16/h7-9,11-12,14-15,20-21H,5-6,10,13H2,1-4H3. The quantitative estimate of drug-likeness (QED) is 0.372. The van der Waals surface area contributed by atoms with Gasteiger partial charge in [-0.3, -0.25) is 0 Å². The molecule has 3 rings (SSSR count). The third kappa shape index (κ3) is 7.22. The number of nitrogens with zero attached hydrogens (tertiary/aromatic N) is 4. The number of hydrogen-bond donors (Lipinski definition) is 0. The van der Waals surface area contributed by atoms with Crippen molar-refractivity contribution >= 4 is 39.6 Å². The highest BCUT2D eigenvalue weighted by molar-refractivity contribution is 9.10. The number of amides is 1. The zero-order chi connectivity index (χ0) is 25.9. The van der Waals surface area contributed by atoms with Crippen LogP contribution in [0.25, 0.3) is 0 Å². The van der Waals surface area contributed by atoms with Gasteiger partial charge in [-0.2, -0.15) is 13.2 Å². The molecule has 0 N–H and O–H groups in total. The smallest absolute Gasteiger partial charge is 0.416 e. The molecule has 0 spiro atoms. The van der Waals surface area contributed by atoms with E-state index in [-0.39, 0.29) is 41.8 Å². The third-order valence-electron chi connectivity index (χ3n) is 5.90. The number of carbonyl (C=O) groups excluding carboxylic acids is 1. The van der Waals surface area contributed by atoms with Gasteiger partial charge in [0.05, 0.1) is 16.1 Å². The number of aromatic nitrogens is 2. The molecule has 1 aromatic heterocycles. The highest BCUT2D eigenvalue weighted by Crippen LogP contribution is 2.34. The maximum atomic E-state index is 13.4. The fourth-order valence-electron chi connectivity index (χ4n) is 4.31. The summed E-state index contributed by atoms with van der Waals surface area (Å²) in [6.45, 7) is 8.28. The van der Waals surface area contributed by atoms with Crippen LogP contribution in [0.1, 0.15) is 51.7 Å². The second kappa shape index (κ2) is 11.3. The first-order valence-electron chi connectivity index (χ1n) is 11.4. The van der Waals surface area contributed by atoms with Gasteiger partial charge in [0.1, 0.15) is 0 Å². The van der Waals surface area contributed by atoms with Crippen molar-refractivity contribution in [2.75, 3.05) is 11.4 Å². The van der Waals surface area contributed by atoms with Crippen molar-refractivity contribution in [2.45, 2.75) is 71.4 Å². The van der Waals surface area contributed by atoms with Gasteiger partial charge in [0.15, 0.2) is 0 Å². The molecular weight excluding hydrogens is 549 g/mol. The molecule has 0 aliphatic carbocycles. The highest BCUT2D eigenvalue weighted by atomic mass is 79.9. The van der Waals surface area contributed by atoms with Crippen molar-refractivity contribution in [1.82, 2.24) is 14.9 Å². The lowest BCUT2D eigenvalue weighted by atomic mass is 9.89. The van der Waals surface area contributed by atoms with Gasteiger partial charge in [-0.25, -0.2) is 14.8 Å². The average molecular weight is 578 g/mol. The van der Waals surface area contributed by atoms with Crippen LogP contribution in [0.15, 0.2) is 35.1 Å². The van der Waals surface area contributed by atoms with E-state index in [4.69, 9.17) is 16.3 Å². The minimum Gasteiger partial charge on any atom is -0.447 e. The second-order valence-corrected chi connectivity index (χ2v) is 10.6. The Bertz CT molecular complexity index is 1020. The van der Waals surface area contributed by atoms with E-state index in [1.54, 1.807) is 17.3 Å². The summed E-state index contributed by atoms with van der Waals surface area (Å²) < 4.78 is 46.3. The summed E-state index contributed by atoms with van der Waals surface area (Å²) in [6, 6.07) is 3.33. The predicted molar refractivity (Wildman–Crippen MR) is 132 cm³/mol. The summed E-state index contributed by atoms with van der Waals surface area (Å²) >= 11 is 9.36. The van der Waals surface area contributed by atoms with Gasteiger partial charge in [0.2, 0.25) is 5.95 Å². The number of likely N-dealkylation sites (tertiary alicyclic amines) is 1. The molecule has 1 aliphatic heterocycles. The van der Waals surface area contributed by atoms with Crippen LogP contribution in [0.4, 0.5) is 23.9 Å². The van der Waals surface area contributed by atoms with E-state index < -0.39 is 11.7 Å². The van der Waals surface area contributed by atoms with Crippen LogP contribution in [0, 0.1) is 5.92 Å². The number of benzene rings is 1. The van der Waals surface area contributed by atoms with E-state index in [9.17, 15) is 18.0 Å². The highest BCUT2D eigenvalue weighted by Gasteiger charge is 2.38. The molecule has 1 aliphatic rings. The first-order valence-corrected chi connectivity index (χ1v) is 12.6. The molecule has 1 saturated heterocycles. The van der Waals surface area contributed by atoms with Crippen molar-refractivity contribution in [3.63, 3.8) is 0 Å². The number of ether oxygens (including phenoxy) is 1. The number of hydrogen-bond acceptors (Lipinski definition) is 5. The molecule has 0 bridgehead atoms. The number of rotatable bonds is 6. The van der Waals surface area contributed by atoms with Gasteiger partial charge >= 0.3 is 12.3 Å². The maximum absolute atomic E-state index is 13.4. The van der Waals surface area contributed by atoms with Crippen molar-refractivity contribution in [3.8, 4) is 0 Å². The minimum atomic E-state index is -4.51. The molecule has 2 unspecified atom stereocenters. The van der Waals surface area contributed by atoms with Crippen molar-refractivity contribution in [2.24, 2.45) is 5.92 Å².